The number of halogens is 3. The topological polar surface area (TPSA) is 92.8 Å². The first-order valence-corrected chi connectivity index (χ1v) is 13.0. The Labute approximate surface area is 208 Å². The minimum Gasteiger partial charge on any atom is -0.462 e. The van der Waals surface area contributed by atoms with Crippen LogP contribution in [-0.2, 0) is 25.3 Å². The average Bonchev–Trinajstić information content (AvgIpc) is 2.77. The zero-order valence-electron chi connectivity index (χ0n) is 17.8. The molecule has 0 aromatic heterocycles. The number of hydrogen-bond donors (Lipinski definition) is 1. The number of anilines is 1. The molecule has 1 heterocycles. The quantitative estimate of drug-likeness (QED) is 0.505. The first-order valence-electron chi connectivity index (χ1n) is 10.3. The van der Waals surface area contributed by atoms with Crippen LogP contribution in [0.4, 0.5) is 5.69 Å². The maximum Gasteiger partial charge on any atom is 0.339 e. The summed E-state index contributed by atoms with van der Waals surface area (Å²) in [6.07, 6.45) is 0.742. The van der Waals surface area contributed by atoms with Crippen LogP contribution in [-0.4, -0.2) is 44.3 Å². The summed E-state index contributed by atoms with van der Waals surface area (Å²) in [7, 11) is -3.64. The summed E-state index contributed by atoms with van der Waals surface area (Å²) < 4.78 is 32.0. The molecule has 2 aromatic rings. The van der Waals surface area contributed by atoms with Gasteiger partial charge in [0.25, 0.3) is 0 Å². The van der Waals surface area contributed by atoms with Gasteiger partial charge in [-0.25, -0.2) is 17.5 Å². The fraction of sp³-hybridized carbons (Fsp3) is 0.364. The van der Waals surface area contributed by atoms with Crippen LogP contribution < -0.4 is 5.32 Å². The lowest BCUT2D eigenvalue weighted by molar-refractivity contribution is -0.120. The Hall–Kier alpha value is -1.84. The van der Waals surface area contributed by atoms with Crippen LogP contribution in [0.3, 0.4) is 0 Å². The van der Waals surface area contributed by atoms with E-state index in [1.165, 1.54) is 16.4 Å². The van der Waals surface area contributed by atoms with E-state index in [4.69, 9.17) is 39.5 Å². The lowest BCUT2D eigenvalue weighted by atomic mass is 9.97. The van der Waals surface area contributed by atoms with Crippen molar-refractivity contribution >= 4 is 62.4 Å². The van der Waals surface area contributed by atoms with Crippen molar-refractivity contribution in [3.63, 3.8) is 0 Å². The number of piperidine rings is 1. The lowest BCUT2D eigenvalue weighted by Crippen LogP contribution is -2.42. The van der Waals surface area contributed by atoms with Crippen molar-refractivity contribution in [1.82, 2.24) is 4.31 Å². The highest BCUT2D eigenvalue weighted by Crippen LogP contribution is 2.29. The molecular weight excluding hydrogens is 511 g/mol. The van der Waals surface area contributed by atoms with E-state index in [9.17, 15) is 18.0 Å². The molecule has 0 unspecified atom stereocenters. The molecule has 33 heavy (non-hydrogen) atoms. The zero-order chi connectivity index (χ0) is 24.2. The van der Waals surface area contributed by atoms with Crippen LogP contribution in [0.1, 0.15) is 35.7 Å². The SMILES string of the molecule is CCOC(=O)c1ccc(NC(=O)C2CCN(S(=O)(=O)Cc3c(Cl)cccc3Cl)CC2)cc1Cl. The van der Waals surface area contributed by atoms with Gasteiger partial charge in [0.15, 0.2) is 0 Å². The summed E-state index contributed by atoms with van der Waals surface area (Å²) in [6, 6.07) is 9.40. The number of esters is 1. The predicted octanol–water partition coefficient (Wildman–Crippen LogP) is 5.00. The number of carbonyl (C=O) groups excluding carboxylic acids is 2. The standard InChI is InChI=1S/C22H23Cl3N2O5S/c1-2-32-22(29)16-7-6-15(12-20(16)25)26-21(28)14-8-10-27(11-9-14)33(30,31)13-17-18(23)4-3-5-19(17)24/h3-7,12,14H,2,8-11,13H2,1H3,(H,26,28). The molecule has 0 saturated carbocycles. The van der Waals surface area contributed by atoms with E-state index in [-0.39, 0.29) is 47.9 Å². The van der Waals surface area contributed by atoms with Crippen molar-refractivity contribution in [2.45, 2.75) is 25.5 Å². The fourth-order valence-corrected chi connectivity index (χ4v) is 6.12. The van der Waals surface area contributed by atoms with Gasteiger partial charge in [0.1, 0.15) is 0 Å². The highest BCUT2D eigenvalue weighted by molar-refractivity contribution is 7.88. The Morgan fingerprint density at radius 3 is 2.27 bits per heavy atom. The van der Waals surface area contributed by atoms with Crippen molar-refractivity contribution in [3.8, 4) is 0 Å². The molecule has 11 heteroatoms. The number of rotatable bonds is 7. The van der Waals surface area contributed by atoms with Gasteiger partial charge in [0.2, 0.25) is 15.9 Å². The Bertz CT molecular complexity index is 1130. The third kappa shape index (κ3) is 6.39. The molecule has 178 valence electrons. The van der Waals surface area contributed by atoms with Crippen molar-refractivity contribution in [2.24, 2.45) is 5.92 Å². The molecule has 0 atom stereocenters. The number of carbonyl (C=O) groups is 2. The van der Waals surface area contributed by atoms with Crippen LogP contribution in [0.5, 0.6) is 0 Å². The highest BCUT2D eigenvalue weighted by Gasteiger charge is 2.32. The lowest BCUT2D eigenvalue weighted by Gasteiger charge is -2.30. The van der Waals surface area contributed by atoms with Crippen LogP contribution >= 0.6 is 34.8 Å². The monoisotopic (exact) mass is 532 g/mol. The molecular formula is C22H23Cl3N2O5S. The van der Waals surface area contributed by atoms with Gasteiger partial charge in [-0.05, 0) is 50.1 Å². The number of nitrogens with zero attached hydrogens (tertiary/aromatic N) is 1. The summed E-state index contributed by atoms with van der Waals surface area (Å²) in [5.74, 6) is -1.43. The molecule has 0 aliphatic carbocycles. The number of benzene rings is 2. The first-order chi connectivity index (χ1) is 15.6. The number of amides is 1. The second-order valence-corrected chi connectivity index (χ2v) is 10.7. The van der Waals surface area contributed by atoms with Crippen LogP contribution in [0.15, 0.2) is 36.4 Å². The third-order valence-corrected chi connectivity index (χ3v) is 8.16. The summed E-state index contributed by atoms with van der Waals surface area (Å²) in [5, 5.41) is 3.55. The molecule has 1 aliphatic rings. The fourth-order valence-electron chi connectivity index (χ4n) is 3.55. The van der Waals surface area contributed by atoms with E-state index in [0.29, 0.717) is 34.1 Å². The Kier molecular flexibility index (Phi) is 8.64. The zero-order valence-corrected chi connectivity index (χ0v) is 20.9. The Morgan fingerprint density at radius 1 is 1.06 bits per heavy atom. The summed E-state index contributed by atoms with van der Waals surface area (Å²) >= 11 is 18.4. The second-order valence-electron chi connectivity index (χ2n) is 7.53. The molecule has 0 radical (unpaired) electrons. The Balaban J connectivity index is 1.59. The molecule has 0 spiro atoms. The minimum atomic E-state index is -3.64. The van der Waals surface area contributed by atoms with Gasteiger partial charge in [0.05, 0.1) is 22.9 Å². The van der Waals surface area contributed by atoms with Gasteiger partial charge in [-0.1, -0.05) is 40.9 Å². The summed E-state index contributed by atoms with van der Waals surface area (Å²) in [5.41, 5.74) is 1.03. The second kappa shape index (κ2) is 11.1. The van der Waals surface area contributed by atoms with Crippen molar-refractivity contribution in [1.29, 1.82) is 0 Å². The van der Waals surface area contributed by atoms with Gasteiger partial charge in [0, 0.05) is 40.3 Å². The molecule has 1 fully saturated rings. The third-order valence-electron chi connectivity index (χ3n) is 5.34. The van der Waals surface area contributed by atoms with E-state index in [1.807, 2.05) is 0 Å². The van der Waals surface area contributed by atoms with E-state index in [1.54, 1.807) is 31.2 Å². The number of nitrogens with one attached hydrogen (secondary N) is 1. The van der Waals surface area contributed by atoms with E-state index in [0.717, 1.165) is 0 Å². The number of hydrogen-bond acceptors (Lipinski definition) is 5. The summed E-state index contributed by atoms with van der Waals surface area (Å²) in [4.78, 5) is 24.5. The number of ether oxygens (including phenoxy) is 1. The smallest absolute Gasteiger partial charge is 0.339 e. The molecule has 1 N–H and O–H groups in total. The van der Waals surface area contributed by atoms with Crippen molar-refractivity contribution in [2.75, 3.05) is 25.0 Å². The van der Waals surface area contributed by atoms with Crippen LogP contribution in [0.25, 0.3) is 0 Å². The molecule has 1 saturated heterocycles. The van der Waals surface area contributed by atoms with E-state index >= 15 is 0 Å². The molecule has 0 bridgehead atoms. The van der Waals surface area contributed by atoms with Gasteiger partial charge in [-0.15, -0.1) is 0 Å². The van der Waals surface area contributed by atoms with Crippen molar-refractivity contribution < 1.29 is 22.7 Å². The van der Waals surface area contributed by atoms with E-state index in [2.05, 4.69) is 5.32 Å². The highest BCUT2D eigenvalue weighted by atomic mass is 35.5. The molecule has 1 amide bonds. The molecule has 3 rings (SSSR count). The van der Waals surface area contributed by atoms with Gasteiger partial charge < -0.3 is 10.1 Å². The number of sulfonamides is 1. The first kappa shape index (κ1) is 25.8. The van der Waals surface area contributed by atoms with Crippen LogP contribution in [0.2, 0.25) is 15.1 Å². The summed E-state index contributed by atoms with van der Waals surface area (Å²) in [6.45, 7) is 2.35. The largest absolute Gasteiger partial charge is 0.462 e. The minimum absolute atomic E-state index is 0.172. The van der Waals surface area contributed by atoms with Crippen LogP contribution in [0, 0.1) is 5.92 Å². The maximum atomic E-state index is 12.9. The van der Waals surface area contributed by atoms with Gasteiger partial charge >= 0.3 is 5.97 Å². The van der Waals surface area contributed by atoms with Crippen molar-refractivity contribution in [3.05, 3.63) is 62.6 Å². The predicted molar refractivity (Wildman–Crippen MR) is 129 cm³/mol. The average molecular weight is 534 g/mol. The molecule has 2 aromatic carbocycles. The normalized spacial score (nSPS) is 15.3. The molecule has 7 nitrogen and oxygen atoms in total. The van der Waals surface area contributed by atoms with Gasteiger partial charge in [-0.2, -0.15) is 0 Å². The van der Waals surface area contributed by atoms with Gasteiger partial charge in [-0.3, -0.25) is 4.79 Å². The molecule has 1 aliphatic heterocycles. The maximum absolute atomic E-state index is 12.9. The Morgan fingerprint density at radius 2 is 1.70 bits per heavy atom. The van der Waals surface area contributed by atoms with E-state index < -0.39 is 16.0 Å².